The monoisotopic (exact) mass is 253 g/mol. The second kappa shape index (κ2) is 6.69. The minimum atomic E-state index is -0.280. The second-order valence-electron chi connectivity index (χ2n) is 5.31. The van der Waals surface area contributed by atoms with E-state index in [1.54, 1.807) is 6.07 Å². The van der Waals surface area contributed by atoms with Gasteiger partial charge in [0.2, 0.25) is 0 Å². The first kappa shape index (κ1) is 14.9. The highest BCUT2D eigenvalue weighted by Gasteiger charge is 2.17. The van der Waals surface area contributed by atoms with Gasteiger partial charge in [-0.25, -0.2) is 9.37 Å². The third kappa shape index (κ3) is 3.95. The van der Waals surface area contributed by atoms with Crippen LogP contribution in [0.25, 0.3) is 0 Å². The molecule has 1 N–H and O–H groups in total. The normalized spacial score (nSPS) is 11.3. The van der Waals surface area contributed by atoms with Crippen LogP contribution < -0.4 is 10.2 Å². The molecule has 0 aliphatic rings. The molecule has 0 fully saturated rings. The van der Waals surface area contributed by atoms with Gasteiger partial charge in [-0.1, -0.05) is 13.8 Å². The van der Waals surface area contributed by atoms with E-state index in [0.717, 1.165) is 17.9 Å². The van der Waals surface area contributed by atoms with Crippen LogP contribution in [0, 0.1) is 11.7 Å². The summed E-state index contributed by atoms with van der Waals surface area (Å²) < 4.78 is 13.3. The van der Waals surface area contributed by atoms with Crippen LogP contribution in [0.2, 0.25) is 0 Å². The lowest BCUT2D eigenvalue weighted by Gasteiger charge is -2.31. The van der Waals surface area contributed by atoms with Crippen molar-refractivity contribution < 1.29 is 4.39 Å². The summed E-state index contributed by atoms with van der Waals surface area (Å²) in [7, 11) is 1.86. The molecule has 18 heavy (non-hydrogen) atoms. The van der Waals surface area contributed by atoms with Crippen molar-refractivity contribution in [1.82, 2.24) is 10.3 Å². The maximum absolute atomic E-state index is 13.3. The fourth-order valence-corrected chi connectivity index (χ4v) is 1.99. The van der Waals surface area contributed by atoms with Crippen molar-refractivity contribution in [3.8, 4) is 0 Å². The molecule has 1 heterocycles. The van der Waals surface area contributed by atoms with Gasteiger partial charge in [0.25, 0.3) is 0 Å². The lowest BCUT2D eigenvalue weighted by Crippen LogP contribution is -2.36. The second-order valence-corrected chi connectivity index (χ2v) is 5.31. The zero-order valence-corrected chi connectivity index (χ0v) is 12.0. The van der Waals surface area contributed by atoms with E-state index in [-0.39, 0.29) is 5.82 Å². The van der Waals surface area contributed by atoms with Gasteiger partial charge in [-0.3, -0.25) is 0 Å². The van der Waals surface area contributed by atoms with E-state index in [2.05, 4.69) is 42.9 Å². The van der Waals surface area contributed by atoms with E-state index in [1.807, 2.05) is 7.05 Å². The number of pyridine rings is 1. The third-order valence-electron chi connectivity index (χ3n) is 2.73. The molecule has 0 aliphatic carbocycles. The molecule has 1 rings (SSSR count). The van der Waals surface area contributed by atoms with Gasteiger partial charge in [0.15, 0.2) is 0 Å². The number of anilines is 1. The van der Waals surface area contributed by atoms with Gasteiger partial charge in [-0.05, 0) is 32.9 Å². The molecule has 1 aromatic heterocycles. The first-order chi connectivity index (χ1) is 8.45. The molecule has 0 aromatic carbocycles. The molecule has 0 atom stereocenters. The number of hydrogen-bond acceptors (Lipinski definition) is 3. The molecule has 0 radical (unpaired) electrons. The smallest absolute Gasteiger partial charge is 0.141 e. The molecule has 102 valence electrons. The van der Waals surface area contributed by atoms with Gasteiger partial charge in [0.05, 0.1) is 6.20 Å². The SMILES string of the molecule is CNCc1cc(F)cnc1N(CC(C)C)C(C)C. The van der Waals surface area contributed by atoms with E-state index in [4.69, 9.17) is 0 Å². The summed E-state index contributed by atoms with van der Waals surface area (Å²) in [6, 6.07) is 1.91. The average molecular weight is 253 g/mol. The predicted octanol–water partition coefficient (Wildman–Crippen LogP) is 2.81. The highest BCUT2D eigenvalue weighted by Crippen LogP contribution is 2.22. The van der Waals surface area contributed by atoms with Crippen molar-refractivity contribution in [3.05, 3.63) is 23.6 Å². The molecule has 1 aromatic rings. The number of nitrogens with one attached hydrogen (secondary N) is 1. The minimum Gasteiger partial charge on any atom is -0.354 e. The van der Waals surface area contributed by atoms with Crippen LogP contribution in [-0.4, -0.2) is 24.6 Å². The predicted molar refractivity (Wildman–Crippen MR) is 74.3 cm³/mol. The Morgan fingerprint density at radius 1 is 1.33 bits per heavy atom. The summed E-state index contributed by atoms with van der Waals surface area (Å²) in [5.41, 5.74) is 0.909. The fraction of sp³-hybridized carbons (Fsp3) is 0.643. The van der Waals surface area contributed by atoms with Gasteiger partial charge in [-0.15, -0.1) is 0 Å². The van der Waals surface area contributed by atoms with E-state index in [0.29, 0.717) is 18.5 Å². The zero-order valence-electron chi connectivity index (χ0n) is 12.0. The van der Waals surface area contributed by atoms with Crippen LogP contribution >= 0.6 is 0 Å². The van der Waals surface area contributed by atoms with Crippen molar-refractivity contribution in [2.75, 3.05) is 18.5 Å². The Kier molecular flexibility index (Phi) is 5.54. The standard InChI is InChI=1S/C14H24FN3/c1-10(2)9-18(11(3)4)14-12(7-16-5)6-13(15)8-17-14/h6,8,10-11,16H,7,9H2,1-5H3. The van der Waals surface area contributed by atoms with Gasteiger partial charge in [-0.2, -0.15) is 0 Å². The lowest BCUT2D eigenvalue weighted by molar-refractivity contribution is 0.559. The topological polar surface area (TPSA) is 28.2 Å². The Labute approximate surface area is 109 Å². The molecule has 0 spiro atoms. The Hall–Kier alpha value is -1.16. The molecule has 0 bridgehead atoms. The van der Waals surface area contributed by atoms with E-state index >= 15 is 0 Å². The summed E-state index contributed by atoms with van der Waals surface area (Å²) in [6.07, 6.45) is 1.30. The lowest BCUT2D eigenvalue weighted by atomic mass is 10.1. The number of hydrogen-bond donors (Lipinski definition) is 1. The summed E-state index contributed by atoms with van der Waals surface area (Å²) in [4.78, 5) is 6.52. The number of aromatic nitrogens is 1. The Bertz CT molecular complexity index is 377. The molecular weight excluding hydrogens is 229 g/mol. The Morgan fingerprint density at radius 3 is 2.50 bits per heavy atom. The fourth-order valence-electron chi connectivity index (χ4n) is 1.99. The summed E-state index contributed by atoms with van der Waals surface area (Å²) >= 11 is 0. The maximum Gasteiger partial charge on any atom is 0.141 e. The van der Waals surface area contributed by atoms with Gasteiger partial charge in [0, 0.05) is 24.7 Å². The quantitative estimate of drug-likeness (QED) is 0.845. The number of rotatable bonds is 6. The van der Waals surface area contributed by atoms with Crippen LogP contribution in [-0.2, 0) is 6.54 Å². The van der Waals surface area contributed by atoms with Crippen molar-refractivity contribution in [1.29, 1.82) is 0 Å². The van der Waals surface area contributed by atoms with Crippen LogP contribution in [0.3, 0.4) is 0 Å². The maximum atomic E-state index is 13.3. The molecule has 0 saturated heterocycles. The van der Waals surface area contributed by atoms with E-state index in [1.165, 1.54) is 6.20 Å². The highest BCUT2D eigenvalue weighted by molar-refractivity contribution is 5.47. The average Bonchev–Trinajstić information content (AvgIpc) is 2.26. The summed E-state index contributed by atoms with van der Waals surface area (Å²) in [6.45, 7) is 10.2. The van der Waals surface area contributed by atoms with Gasteiger partial charge >= 0.3 is 0 Å². The first-order valence-corrected chi connectivity index (χ1v) is 6.51. The molecule has 4 heteroatoms. The Balaban J connectivity index is 3.09. The minimum absolute atomic E-state index is 0.280. The molecule has 0 saturated carbocycles. The van der Waals surface area contributed by atoms with E-state index < -0.39 is 0 Å². The van der Waals surface area contributed by atoms with Gasteiger partial charge < -0.3 is 10.2 Å². The van der Waals surface area contributed by atoms with Crippen molar-refractivity contribution in [2.45, 2.75) is 40.3 Å². The van der Waals surface area contributed by atoms with Crippen molar-refractivity contribution >= 4 is 5.82 Å². The van der Waals surface area contributed by atoms with Crippen LogP contribution in [0.4, 0.5) is 10.2 Å². The largest absolute Gasteiger partial charge is 0.354 e. The summed E-state index contributed by atoms with van der Waals surface area (Å²) in [5, 5.41) is 3.07. The molecule has 0 unspecified atom stereocenters. The van der Waals surface area contributed by atoms with E-state index in [9.17, 15) is 4.39 Å². The van der Waals surface area contributed by atoms with Crippen LogP contribution in [0.15, 0.2) is 12.3 Å². The van der Waals surface area contributed by atoms with Crippen LogP contribution in [0.1, 0.15) is 33.3 Å². The summed E-state index contributed by atoms with van der Waals surface area (Å²) in [5.74, 6) is 1.15. The molecule has 3 nitrogen and oxygen atoms in total. The van der Waals surface area contributed by atoms with Crippen molar-refractivity contribution in [2.24, 2.45) is 5.92 Å². The molecular formula is C14H24FN3. The highest BCUT2D eigenvalue weighted by atomic mass is 19.1. The van der Waals surface area contributed by atoms with Crippen molar-refractivity contribution in [3.63, 3.8) is 0 Å². The van der Waals surface area contributed by atoms with Crippen LogP contribution in [0.5, 0.6) is 0 Å². The Morgan fingerprint density at radius 2 is 2.00 bits per heavy atom. The first-order valence-electron chi connectivity index (χ1n) is 6.51. The number of halogens is 1. The van der Waals surface area contributed by atoms with Gasteiger partial charge in [0.1, 0.15) is 11.6 Å². The third-order valence-corrected chi connectivity index (χ3v) is 2.73. The zero-order chi connectivity index (χ0) is 13.7. The molecule has 0 aliphatic heterocycles. The molecule has 0 amide bonds. The number of nitrogens with zero attached hydrogens (tertiary/aromatic N) is 2.